The first-order valence-electron chi connectivity index (χ1n) is 6.12. The number of carbonyl (C=O) groups is 1. The molecular weight excluding hydrogens is 244 g/mol. The number of rotatable bonds is 7. The minimum absolute atomic E-state index is 0.123. The number of amides is 1. The van der Waals surface area contributed by atoms with Crippen molar-refractivity contribution in [1.29, 1.82) is 0 Å². The van der Waals surface area contributed by atoms with Crippen LogP contribution in [0.4, 0.5) is 0 Å². The van der Waals surface area contributed by atoms with Gasteiger partial charge in [-0.1, -0.05) is 11.2 Å². The molecule has 0 aliphatic heterocycles. The number of hydrogen-bond acceptors (Lipinski definition) is 3. The van der Waals surface area contributed by atoms with E-state index in [-0.39, 0.29) is 5.91 Å². The van der Waals surface area contributed by atoms with E-state index in [4.69, 9.17) is 10.3 Å². The van der Waals surface area contributed by atoms with Gasteiger partial charge in [0.25, 0.3) is 5.91 Å². The summed E-state index contributed by atoms with van der Waals surface area (Å²) < 4.78 is 5.18. The van der Waals surface area contributed by atoms with Crippen molar-refractivity contribution in [1.82, 2.24) is 5.32 Å². The zero-order valence-electron chi connectivity index (χ0n) is 11.2. The normalized spacial score (nSPS) is 9.58. The van der Waals surface area contributed by atoms with Crippen LogP contribution in [0.5, 0.6) is 5.75 Å². The Morgan fingerprint density at radius 2 is 2.26 bits per heavy atom. The predicted molar refractivity (Wildman–Crippen MR) is 73.3 cm³/mol. The first-order valence-corrected chi connectivity index (χ1v) is 6.12. The molecule has 1 amide bonds. The number of azide groups is 1. The molecule has 1 aromatic carbocycles. The van der Waals surface area contributed by atoms with E-state index < -0.39 is 0 Å². The van der Waals surface area contributed by atoms with Gasteiger partial charge in [0.2, 0.25) is 0 Å². The lowest BCUT2D eigenvalue weighted by Gasteiger charge is -2.08. The zero-order valence-corrected chi connectivity index (χ0v) is 11.2. The van der Waals surface area contributed by atoms with Crippen LogP contribution < -0.4 is 10.1 Å². The number of benzene rings is 1. The van der Waals surface area contributed by atoms with Crippen molar-refractivity contribution in [3.63, 3.8) is 0 Å². The molecule has 6 nitrogen and oxygen atoms in total. The molecule has 6 heteroatoms. The average Bonchev–Trinajstić information content (AvgIpc) is 2.43. The number of ether oxygens (including phenoxy) is 1. The third-order valence-electron chi connectivity index (χ3n) is 2.70. The van der Waals surface area contributed by atoms with Crippen LogP contribution in [0.3, 0.4) is 0 Å². The summed E-state index contributed by atoms with van der Waals surface area (Å²) in [7, 11) is 1.58. The Morgan fingerprint density at radius 1 is 1.47 bits per heavy atom. The predicted octanol–water partition coefficient (Wildman–Crippen LogP) is 2.82. The molecule has 0 aliphatic carbocycles. The standard InChI is InChI=1S/C13H18N4O2/c1-10-5-6-11(9-12(10)19-2)13(18)15-7-3-4-8-16-17-14/h5-6,9H,3-4,7-8H2,1-2H3,(H,15,18). The third kappa shape index (κ3) is 4.89. The lowest BCUT2D eigenvalue weighted by atomic mass is 10.1. The largest absolute Gasteiger partial charge is 0.496 e. The van der Waals surface area contributed by atoms with Gasteiger partial charge in [-0.2, -0.15) is 0 Å². The fourth-order valence-electron chi connectivity index (χ4n) is 1.62. The van der Waals surface area contributed by atoms with E-state index in [0.717, 1.165) is 18.4 Å². The van der Waals surface area contributed by atoms with E-state index in [1.807, 2.05) is 13.0 Å². The molecule has 0 bridgehead atoms. The van der Waals surface area contributed by atoms with Crippen molar-refractivity contribution in [3.8, 4) is 5.75 Å². The molecule has 0 unspecified atom stereocenters. The molecule has 0 aromatic heterocycles. The first-order chi connectivity index (χ1) is 9.19. The summed E-state index contributed by atoms with van der Waals surface area (Å²) in [6.45, 7) is 2.96. The molecule has 102 valence electrons. The molecular formula is C13H18N4O2. The van der Waals surface area contributed by atoms with Gasteiger partial charge in [0.15, 0.2) is 0 Å². The van der Waals surface area contributed by atoms with Gasteiger partial charge in [-0.15, -0.1) is 0 Å². The maximum atomic E-state index is 11.9. The number of nitrogens with one attached hydrogen (secondary N) is 1. The molecule has 0 spiro atoms. The van der Waals surface area contributed by atoms with Gasteiger partial charge >= 0.3 is 0 Å². The highest BCUT2D eigenvalue weighted by atomic mass is 16.5. The van der Waals surface area contributed by atoms with Crippen LogP contribution in [-0.2, 0) is 0 Å². The SMILES string of the molecule is COc1cc(C(=O)NCCCCN=[N+]=[N-])ccc1C. The number of carbonyl (C=O) groups excluding carboxylic acids is 1. The number of hydrogen-bond donors (Lipinski definition) is 1. The Balaban J connectivity index is 2.43. The van der Waals surface area contributed by atoms with Gasteiger partial charge in [0, 0.05) is 23.6 Å². The third-order valence-corrected chi connectivity index (χ3v) is 2.70. The maximum absolute atomic E-state index is 11.9. The van der Waals surface area contributed by atoms with E-state index in [0.29, 0.717) is 24.4 Å². The van der Waals surface area contributed by atoms with Gasteiger partial charge in [-0.25, -0.2) is 0 Å². The highest BCUT2D eigenvalue weighted by Crippen LogP contribution is 2.18. The molecule has 0 aliphatic rings. The van der Waals surface area contributed by atoms with Gasteiger partial charge in [0.1, 0.15) is 5.75 Å². The van der Waals surface area contributed by atoms with Gasteiger partial charge in [0.05, 0.1) is 7.11 Å². The molecule has 19 heavy (non-hydrogen) atoms. The van der Waals surface area contributed by atoms with Crippen LogP contribution in [-0.4, -0.2) is 26.1 Å². The highest BCUT2D eigenvalue weighted by molar-refractivity contribution is 5.94. The van der Waals surface area contributed by atoms with Crippen molar-refractivity contribution < 1.29 is 9.53 Å². The molecule has 1 rings (SSSR count). The number of aryl methyl sites for hydroxylation is 1. The van der Waals surface area contributed by atoms with E-state index in [2.05, 4.69) is 15.3 Å². The van der Waals surface area contributed by atoms with E-state index in [1.165, 1.54) is 0 Å². The summed E-state index contributed by atoms with van der Waals surface area (Å²) >= 11 is 0. The monoisotopic (exact) mass is 262 g/mol. The number of methoxy groups -OCH3 is 1. The molecule has 0 heterocycles. The Bertz CT molecular complexity index is 482. The van der Waals surface area contributed by atoms with Crippen LogP contribution in [0.1, 0.15) is 28.8 Å². The Kier molecular flexibility index (Phi) is 6.26. The van der Waals surface area contributed by atoms with Crippen LogP contribution in [0, 0.1) is 6.92 Å². The fraction of sp³-hybridized carbons (Fsp3) is 0.462. The molecule has 0 fully saturated rings. The summed E-state index contributed by atoms with van der Waals surface area (Å²) in [4.78, 5) is 14.5. The highest BCUT2D eigenvalue weighted by Gasteiger charge is 2.07. The summed E-state index contributed by atoms with van der Waals surface area (Å²) in [6.07, 6.45) is 1.55. The molecule has 0 saturated heterocycles. The van der Waals surface area contributed by atoms with E-state index in [1.54, 1.807) is 19.2 Å². The zero-order chi connectivity index (χ0) is 14.1. The minimum Gasteiger partial charge on any atom is -0.496 e. The average molecular weight is 262 g/mol. The van der Waals surface area contributed by atoms with Crippen LogP contribution in [0.2, 0.25) is 0 Å². The lowest BCUT2D eigenvalue weighted by molar-refractivity contribution is 0.0952. The Labute approximate surface area is 112 Å². The van der Waals surface area contributed by atoms with E-state index in [9.17, 15) is 4.79 Å². The van der Waals surface area contributed by atoms with Gasteiger partial charge in [-0.05, 0) is 43.0 Å². The molecule has 0 saturated carbocycles. The summed E-state index contributed by atoms with van der Waals surface area (Å²) in [6, 6.07) is 5.35. The molecule has 0 radical (unpaired) electrons. The maximum Gasteiger partial charge on any atom is 0.251 e. The fourth-order valence-corrected chi connectivity index (χ4v) is 1.62. The van der Waals surface area contributed by atoms with Crippen LogP contribution >= 0.6 is 0 Å². The lowest BCUT2D eigenvalue weighted by Crippen LogP contribution is -2.24. The van der Waals surface area contributed by atoms with Crippen molar-refractivity contribution >= 4 is 5.91 Å². The molecule has 0 atom stereocenters. The second-order valence-electron chi connectivity index (χ2n) is 4.10. The van der Waals surface area contributed by atoms with Gasteiger partial charge in [-0.3, -0.25) is 4.79 Å². The van der Waals surface area contributed by atoms with Crippen molar-refractivity contribution in [2.24, 2.45) is 5.11 Å². The smallest absolute Gasteiger partial charge is 0.251 e. The summed E-state index contributed by atoms with van der Waals surface area (Å²) in [5.74, 6) is 0.582. The van der Waals surface area contributed by atoms with Crippen molar-refractivity contribution in [2.45, 2.75) is 19.8 Å². The number of unbranched alkanes of at least 4 members (excludes halogenated alkanes) is 1. The van der Waals surface area contributed by atoms with Crippen molar-refractivity contribution in [2.75, 3.05) is 20.2 Å². The second-order valence-corrected chi connectivity index (χ2v) is 4.10. The van der Waals surface area contributed by atoms with E-state index >= 15 is 0 Å². The molecule has 1 N–H and O–H groups in total. The van der Waals surface area contributed by atoms with Crippen LogP contribution in [0.25, 0.3) is 10.4 Å². The number of nitrogens with zero attached hydrogens (tertiary/aromatic N) is 3. The first kappa shape index (κ1) is 14.9. The molecule has 1 aromatic rings. The Morgan fingerprint density at radius 3 is 2.95 bits per heavy atom. The second kappa shape index (κ2) is 8.00. The quantitative estimate of drug-likeness (QED) is 0.354. The van der Waals surface area contributed by atoms with Crippen molar-refractivity contribution in [3.05, 3.63) is 39.8 Å². The van der Waals surface area contributed by atoms with Gasteiger partial charge < -0.3 is 10.1 Å². The topological polar surface area (TPSA) is 87.1 Å². The summed E-state index contributed by atoms with van der Waals surface area (Å²) in [5.41, 5.74) is 9.68. The van der Waals surface area contributed by atoms with Crippen LogP contribution in [0.15, 0.2) is 23.3 Å². The minimum atomic E-state index is -0.123. The Hall–Kier alpha value is -2.20. The summed E-state index contributed by atoms with van der Waals surface area (Å²) in [5, 5.41) is 6.25.